The van der Waals surface area contributed by atoms with Gasteiger partial charge in [-0.3, -0.25) is 11.7 Å². The highest BCUT2D eigenvalue weighted by molar-refractivity contribution is 5.56. The summed E-state index contributed by atoms with van der Waals surface area (Å²) in [6.07, 6.45) is -6.84. The third-order valence-corrected chi connectivity index (χ3v) is 1.42. The van der Waals surface area contributed by atoms with Gasteiger partial charge in [0.05, 0.1) is 6.61 Å². The number of aliphatic hydroxyl groups is 5. The van der Waals surface area contributed by atoms with Gasteiger partial charge in [-0.25, -0.2) is 0 Å². The Morgan fingerprint density at radius 3 is 1.73 bits per heavy atom. The van der Waals surface area contributed by atoms with Crippen molar-refractivity contribution in [2.75, 3.05) is 6.61 Å². The number of hydrogen-bond acceptors (Lipinski definition) is 8. The third kappa shape index (κ3) is 7.30. The van der Waals surface area contributed by atoms with E-state index in [0.717, 1.165) is 0 Å². The normalized spacial score (nSPS) is 17.3. The van der Waals surface area contributed by atoms with E-state index in [-0.39, 0.29) is 11.8 Å². The maximum atomic E-state index is 9.90. The predicted octanol–water partition coefficient (Wildman–Crippen LogP) is -5.38. The Kier molecular flexibility index (Phi) is 15.1. The Morgan fingerprint density at radius 1 is 1.07 bits per heavy atom. The van der Waals surface area contributed by atoms with Crippen molar-refractivity contribution in [2.45, 2.75) is 24.4 Å². The summed E-state index contributed by atoms with van der Waals surface area (Å²) < 4.78 is 0. The quantitative estimate of drug-likeness (QED) is 0.138. The molecule has 0 aliphatic rings. The lowest BCUT2D eigenvalue weighted by Crippen LogP contribution is -2.46. The Morgan fingerprint density at radius 2 is 1.47 bits per heavy atom. The lowest BCUT2D eigenvalue weighted by Gasteiger charge is -2.22. The zero-order chi connectivity index (χ0) is 11.7. The smallest absolute Gasteiger partial charge is 0.151 e. The first-order chi connectivity index (χ1) is 6.54. The second-order valence-electron chi connectivity index (χ2n) is 2.36. The van der Waals surface area contributed by atoms with Gasteiger partial charge in [0.15, 0.2) is 6.29 Å². The van der Waals surface area contributed by atoms with Gasteiger partial charge in [-0.15, -0.1) is 0 Å². The molecule has 0 heterocycles. The lowest BCUT2D eigenvalue weighted by molar-refractivity contribution is -0.136. The molecule has 4 unspecified atom stereocenters. The van der Waals surface area contributed by atoms with Crippen LogP contribution in [-0.4, -0.2) is 68.3 Å². The maximum Gasteiger partial charge on any atom is 0.151 e. The van der Waals surface area contributed by atoms with E-state index in [4.69, 9.17) is 25.5 Å². The third-order valence-electron chi connectivity index (χ3n) is 1.42. The molecular formula is C6H18N2O7. The van der Waals surface area contributed by atoms with Crippen molar-refractivity contribution in [1.29, 1.82) is 0 Å². The van der Waals surface area contributed by atoms with E-state index in [0.29, 0.717) is 0 Å². The van der Waals surface area contributed by atoms with E-state index in [9.17, 15) is 4.79 Å². The van der Waals surface area contributed by atoms with Gasteiger partial charge in [-0.1, -0.05) is 0 Å². The number of hydrazine groups is 1. The molecule has 0 amide bonds. The first-order valence-corrected chi connectivity index (χ1v) is 3.66. The molecule has 0 aliphatic heterocycles. The number of carbonyl (C=O) groups is 1. The number of aldehydes is 1. The second-order valence-corrected chi connectivity index (χ2v) is 2.36. The molecule has 0 radical (unpaired) electrons. The van der Waals surface area contributed by atoms with Crippen LogP contribution >= 0.6 is 0 Å². The van der Waals surface area contributed by atoms with Gasteiger partial charge in [0, 0.05) is 0 Å². The second kappa shape index (κ2) is 11.4. The number of carbonyl (C=O) groups excluding carboxylic acids is 1. The van der Waals surface area contributed by atoms with Crippen LogP contribution < -0.4 is 11.7 Å². The van der Waals surface area contributed by atoms with Crippen molar-refractivity contribution in [3.05, 3.63) is 0 Å². The van der Waals surface area contributed by atoms with Gasteiger partial charge in [-0.05, 0) is 0 Å². The molecular weight excluding hydrogens is 212 g/mol. The van der Waals surface area contributed by atoms with Crippen molar-refractivity contribution in [2.24, 2.45) is 11.7 Å². The van der Waals surface area contributed by atoms with Gasteiger partial charge in [0.2, 0.25) is 0 Å². The molecule has 0 spiro atoms. The molecule has 0 fully saturated rings. The molecule has 0 rings (SSSR count). The highest BCUT2D eigenvalue weighted by Gasteiger charge is 2.29. The summed E-state index contributed by atoms with van der Waals surface area (Å²) in [6, 6.07) is 0. The summed E-state index contributed by atoms with van der Waals surface area (Å²) >= 11 is 0. The molecule has 11 N–H and O–H groups in total. The topological polar surface area (TPSA) is 202 Å². The molecule has 0 aromatic carbocycles. The fourth-order valence-corrected chi connectivity index (χ4v) is 0.618. The molecule has 0 saturated carbocycles. The number of rotatable bonds is 5. The molecule has 9 nitrogen and oxygen atoms in total. The standard InChI is InChI=1S/C6H12O6.H4N2.H2O/c7-1-3(9)5(11)6(12)4(10)2-8;1-2;/h1,3-6,8-12H,2H2;1-2H2;1H2. The fraction of sp³-hybridized carbons (Fsp3) is 0.833. The van der Waals surface area contributed by atoms with Crippen LogP contribution in [-0.2, 0) is 4.79 Å². The minimum Gasteiger partial charge on any atom is -0.412 e. The van der Waals surface area contributed by atoms with Crippen LogP contribution in [0.25, 0.3) is 0 Å². The van der Waals surface area contributed by atoms with Crippen molar-refractivity contribution in [3.63, 3.8) is 0 Å². The Balaban J connectivity index is -0.000000449. The van der Waals surface area contributed by atoms with Gasteiger partial charge >= 0.3 is 0 Å². The van der Waals surface area contributed by atoms with Crippen molar-refractivity contribution in [1.82, 2.24) is 0 Å². The maximum absolute atomic E-state index is 9.90. The molecule has 9 heteroatoms. The van der Waals surface area contributed by atoms with Crippen LogP contribution in [0.1, 0.15) is 0 Å². The summed E-state index contributed by atoms with van der Waals surface area (Å²) in [4.78, 5) is 9.90. The first-order valence-electron chi connectivity index (χ1n) is 3.66. The summed E-state index contributed by atoms with van der Waals surface area (Å²) in [5.41, 5.74) is 0. The predicted molar refractivity (Wildman–Crippen MR) is 49.2 cm³/mol. The number of hydrogen-bond donors (Lipinski definition) is 7. The van der Waals surface area contributed by atoms with Crippen LogP contribution in [0.3, 0.4) is 0 Å². The van der Waals surface area contributed by atoms with Crippen LogP contribution in [0.2, 0.25) is 0 Å². The average molecular weight is 230 g/mol. The molecule has 0 saturated heterocycles. The summed E-state index contributed by atoms with van der Waals surface area (Å²) in [5, 5.41) is 43.5. The van der Waals surface area contributed by atoms with E-state index in [1.54, 1.807) is 0 Å². The summed E-state index contributed by atoms with van der Waals surface area (Å²) in [7, 11) is 0. The highest BCUT2D eigenvalue weighted by Crippen LogP contribution is 2.02. The van der Waals surface area contributed by atoms with Crippen molar-refractivity contribution < 1.29 is 35.8 Å². The molecule has 0 aliphatic carbocycles. The van der Waals surface area contributed by atoms with Crippen LogP contribution in [0.4, 0.5) is 0 Å². The Labute approximate surface area is 85.8 Å². The Hall–Kier alpha value is -0.650. The van der Waals surface area contributed by atoms with E-state index in [1.165, 1.54) is 0 Å². The minimum atomic E-state index is -1.79. The molecule has 4 atom stereocenters. The molecule has 94 valence electrons. The molecule has 0 bridgehead atoms. The van der Waals surface area contributed by atoms with E-state index in [2.05, 4.69) is 11.7 Å². The Bertz CT molecular complexity index is 147. The summed E-state index contributed by atoms with van der Waals surface area (Å²) in [6.45, 7) is -0.760. The highest BCUT2D eigenvalue weighted by atomic mass is 16.4. The zero-order valence-electron chi connectivity index (χ0n) is 7.89. The average Bonchev–Trinajstić information content (AvgIpc) is 2.27. The molecule has 0 aromatic heterocycles. The van der Waals surface area contributed by atoms with Gasteiger partial charge in [0.25, 0.3) is 0 Å². The lowest BCUT2D eigenvalue weighted by atomic mass is 10.0. The van der Waals surface area contributed by atoms with Crippen molar-refractivity contribution >= 4 is 6.29 Å². The van der Waals surface area contributed by atoms with Crippen LogP contribution in [0, 0.1) is 0 Å². The molecule has 0 aromatic rings. The van der Waals surface area contributed by atoms with E-state index >= 15 is 0 Å². The number of nitrogens with two attached hydrogens (primary N) is 2. The summed E-state index contributed by atoms with van der Waals surface area (Å²) in [5.74, 6) is 8.00. The number of aliphatic hydroxyl groups excluding tert-OH is 5. The minimum absolute atomic E-state index is 0. The molecule has 15 heavy (non-hydrogen) atoms. The zero-order valence-corrected chi connectivity index (χ0v) is 7.89. The van der Waals surface area contributed by atoms with E-state index < -0.39 is 31.0 Å². The van der Waals surface area contributed by atoms with Gasteiger partial charge < -0.3 is 35.8 Å². The van der Waals surface area contributed by atoms with Crippen LogP contribution in [0.5, 0.6) is 0 Å². The fourth-order valence-electron chi connectivity index (χ4n) is 0.618. The monoisotopic (exact) mass is 230 g/mol. The first kappa shape index (κ1) is 19.9. The SMILES string of the molecule is NN.O.O=CC(O)C(O)C(O)C(O)CO. The van der Waals surface area contributed by atoms with Crippen LogP contribution in [0.15, 0.2) is 0 Å². The largest absolute Gasteiger partial charge is 0.412 e. The van der Waals surface area contributed by atoms with E-state index in [1.807, 2.05) is 0 Å². The van der Waals surface area contributed by atoms with Crippen molar-refractivity contribution in [3.8, 4) is 0 Å². The van der Waals surface area contributed by atoms with Gasteiger partial charge in [-0.2, -0.15) is 0 Å². The van der Waals surface area contributed by atoms with Gasteiger partial charge in [0.1, 0.15) is 24.4 Å².